The maximum Gasteiger partial charge on any atom is 0.224 e. The standard InChI is InChI=1S/C14H15FN2O2/c1-10-9-17-14(19-10)6-7-16-13(18)8-11-2-4-12(15)5-3-11/h2-5,9H,6-8H2,1H3,(H,16,18). The molecule has 0 saturated carbocycles. The predicted octanol–water partition coefficient (Wildman–Crippen LogP) is 2.02. The minimum atomic E-state index is -0.302. The summed E-state index contributed by atoms with van der Waals surface area (Å²) in [7, 11) is 0. The molecule has 0 fully saturated rings. The smallest absolute Gasteiger partial charge is 0.224 e. The highest BCUT2D eigenvalue weighted by Crippen LogP contribution is 2.04. The number of nitrogens with zero attached hydrogens (tertiary/aromatic N) is 1. The van der Waals surface area contributed by atoms with Crippen LogP contribution in [0.5, 0.6) is 0 Å². The number of hydrogen-bond acceptors (Lipinski definition) is 3. The Morgan fingerprint density at radius 3 is 2.74 bits per heavy atom. The van der Waals surface area contributed by atoms with Crippen molar-refractivity contribution in [2.45, 2.75) is 19.8 Å². The van der Waals surface area contributed by atoms with E-state index in [0.29, 0.717) is 18.9 Å². The molecule has 5 heteroatoms. The van der Waals surface area contributed by atoms with Crippen molar-refractivity contribution in [2.24, 2.45) is 0 Å². The molecular weight excluding hydrogens is 247 g/mol. The van der Waals surface area contributed by atoms with Gasteiger partial charge in [0.2, 0.25) is 5.91 Å². The number of hydrogen-bond donors (Lipinski definition) is 1. The Kier molecular flexibility index (Phi) is 4.28. The molecule has 0 aliphatic rings. The highest BCUT2D eigenvalue weighted by atomic mass is 19.1. The van der Waals surface area contributed by atoms with Crippen molar-refractivity contribution in [3.8, 4) is 0 Å². The van der Waals surface area contributed by atoms with Crippen LogP contribution in [0.1, 0.15) is 17.2 Å². The number of halogens is 1. The number of nitrogens with one attached hydrogen (secondary N) is 1. The maximum atomic E-state index is 12.7. The molecule has 4 nitrogen and oxygen atoms in total. The van der Waals surface area contributed by atoms with Gasteiger partial charge in [0.1, 0.15) is 11.6 Å². The zero-order valence-corrected chi connectivity index (χ0v) is 10.6. The number of benzene rings is 1. The molecule has 1 heterocycles. The van der Waals surface area contributed by atoms with Gasteiger partial charge < -0.3 is 9.73 Å². The minimum absolute atomic E-state index is 0.102. The zero-order chi connectivity index (χ0) is 13.7. The number of amides is 1. The van der Waals surface area contributed by atoms with E-state index in [9.17, 15) is 9.18 Å². The molecule has 2 aromatic rings. The quantitative estimate of drug-likeness (QED) is 0.897. The molecule has 100 valence electrons. The molecule has 0 aliphatic heterocycles. The Morgan fingerprint density at radius 2 is 2.11 bits per heavy atom. The Balaban J connectivity index is 1.74. The molecule has 0 saturated heterocycles. The third-order valence-electron chi connectivity index (χ3n) is 2.61. The number of carbonyl (C=O) groups is 1. The monoisotopic (exact) mass is 262 g/mol. The molecule has 0 unspecified atom stereocenters. The van der Waals surface area contributed by atoms with E-state index in [1.54, 1.807) is 18.3 Å². The summed E-state index contributed by atoms with van der Waals surface area (Å²) in [5.41, 5.74) is 0.783. The van der Waals surface area contributed by atoms with Crippen molar-refractivity contribution >= 4 is 5.91 Å². The van der Waals surface area contributed by atoms with Crippen LogP contribution < -0.4 is 5.32 Å². The number of rotatable bonds is 5. The second-order valence-corrected chi connectivity index (χ2v) is 4.27. The molecule has 0 atom stereocenters. The SMILES string of the molecule is Cc1cnc(CCNC(=O)Cc2ccc(F)cc2)o1. The fourth-order valence-electron chi connectivity index (χ4n) is 1.68. The summed E-state index contributed by atoms with van der Waals surface area (Å²) in [6, 6.07) is 5.90. The van der Waals surface area contributed by atoms with Crippen LogP contribution in [-0.2, 0) is 17.6 Å². The van der Waals surface area contributed by atoms with Crippen molar-refractivity contribution in [1.82, 2.24) is 10.3 Å². The lowest BCUT2D eigenvalue weighted by molar-refractivity contribution is -0.120. The lowest BCUT2D eigenvalue weighted by Crippen LogP contribution is -2.27. The van der Waals surface area contributed by atoms with Gasteiger partial charge in [0.05, 0.1) is 12.6 Å². The molecule has 1 N–H and O–H groups in total. The predicted molar refractivity (Wildman–Crippen MR) is 68.1 cm³/mol. The van der Waals surface area contributed by atoms with Crippen LogP contribution in [0.4, 0.5) is 4.39 Å². The van der Waals surface area contributed by atoms with Gasteiger partial charge in [-0.05, 0) is 24.6 Å². The average molecular weight is 262 g/mol. The van der Waals surface area contributed by atoms with E-state index in [-0.39, 0.29) is 18.1 Å². The van der Waals surface area contributed by atoms with E-state index >= 15 is 0 Å². The van der Waals surface area contributed by atoms with Crippen molar-refractivity contribution < 1.29 is 13.6 Å². The molecule has 0 aliphatic carbocycles. The molecule has 19 heavy (non-hydrogen) atoms. The van der Waals surface area contributed by atoms with Gasteiger partial charge in [0.15, 0.2) is 5.89 Å². The van der Waals surface area contributed by atoms with E-state index in [1.165, 1.54) is 12.1 Å². The molecule has 2 rings (SSSR count). The molecule has 0 spiro atoms. The first-order valence-corrected chi connectivity index (χ1v) is 6.06. The fraction of sp³-hybridized carbons (Fsp3) is 0.286. The molecule has 0 bridgehead atoms. The van der Waals surface area contributed by atoms with Gasteiger partial charge in [-0.2, -0.15) is 0 Å². The van der Waals surface area contributed by atoms with Gasteiger partial charge >= 0.3 is 0 Å². The number of aryl methyl sites for hydroxylation is 1. The van der Waals surface area contributed by atoms with Gasteiger partial charge in [-0.25, -0.2) is 9.37 Å². The average Bonchev–Trinajstić information content (AvgIpc) is 2.78. The van der Waals surface area contributed by atoms with E-state index in [4.69, 9.17) is 4.42 Å². The van der Waals surface area contributed by atoms with Crippen LogP contribution in [0.15, 0.2) is 34.9 Å². The zero-order valence-electron chi connectivity index (χ0n) is 10.6. The lowest BCUT2D eigenvalue weighted by Gasteiger charge is -2.03. The summed E-state index contributed by atoms with van der Waals surface area (Å²) in [5, 5.41) is 2.77. The maximum absolute atomic E-state index is 12.7. The van der Waals surface area contributed by atoms with E-state index in [2.05, 4.69) is 10.3 Å². The first-order chi connectivity index (χ1) is 9.13. The van der Waals surface area contributed by atoms with Crippen molar-refractivity contribution in [1.29, 1.82) is 0 Å². The Hall–Kier alpha value is -2.17. The summed E-state index contributed by atoms with van der Waals surface area (Å²) >= 11 is 0. The van der Waals surface area contributed by atoms with Gasteiger partial charge in [-0.15, -0.1) is 0 Å². The van der Waals surface area contributed by atoms with Gasteiger partial charge in [0.25, 0.3) is 0 Å². The largest absolute Gasteiger partial charge is 0.446 e. The summed E-state index contributed by atoms with van der Waals surface area (Å²) < 4.78 is 18.0. The number of aromatic nitrogens is 1. The first-order valence-electron chi connectivity index (χ1n) is 6.06. The number of oxazole rings is 1. The van der Waals surface area contributed by atoms with Crippen LogP contribution in [0.3, 0.4) is 0 Å². The molecule has 0 radical (unpaired) electrons. The fourth-order valence-corrected chi connectivity index (χ4v) is 1.68. The van der Waals surface area contributed by atoms with Crippen LogP contribution in [0, 0.1) is 12.7 Å². The van der Waals surface area contributed by atoms with Crippen LogP contribution in [0.2, 0.25) is 0 Å². The summed E-state index contributed by atoms with van der Waals surface area (Å²) in [6.45, 7) is 2.30. The second kappa shape index (κ2) is 6.13. The van der Waals surface area contributed by atoms with Gasteiger partial charge in [-0.1, -0.05) is 12.1 Å². The minimum Gasteiger partial charge on any atom is -0.446 e. The third kappa shape index (κ3) is 4.21. The number of carbonyl (C=O) groups excluding carboxylic acids is 1. The highest BCUT2D eigenvalue weighted by Gasteiger charge is 2.05. The second-order valence-electron chi connectivity index (χ2n) is 4.27. The van der Waals surface area contributed by atoms with Crippen LogP contribution >= 0.6 is 0 Å². The summed E-state index contributed by atoms with van der Waals surface area (Å²) in [5.74, 6) is 0.963. The van der Waals surface area contributed by atoms with Gasteiger partial charge in [0, 0.05) is 13.0 Å². The Bertz CT molecular complexity index is 549. The summed E-state index contributed by atoms with van der Waals surface area (Å²) in [4.78, 5) is 15.7. The summed E-state index contributed by atoms with van der Waals surface area (Å²) in [6.07, 6.45) is 2.45. The van der Waals surface area contributed by atoms with Crippen molar-refractivity contribution in [3.63, 3.8) is 0 Å². The van der Waals surface area contributed by atoms with Crippen LogP contribution in [-0.4, -0.2) is 17.4 Å². The molecule has 1 aromatic carbocycles. The lowest BCUT2D eigenvalue weighted by atomic mass is 10.1. The Labute approximate surface area is 110 Å². The molecule has 1 amide bonds. The normalized spacial score (nSPS) is 10.4. The van der Waals surface area contributed by atoms with Crippen LogP contribution in [0.25, 0.3) is 0 Å². The van der Waals surface area contributed by atoms with E-state index in [1.807, 2.05) is 6.92 Å². The molecular formula is C14H15FN2O2. The first kappa shape index (κ1) is 13.3. The van der Waals surface area contributed by atoms with Crippen molar-refractivity contribution in [3.05, 3.63) is 53.5 Å². The van der Waals surface area contributed by atoms with E-state index < -0.39 is 0 Å². The van der Waals surface area contributed by atoms with Crippen molar-refractivity contribution in [2.75, 3.05) is 6.54 Å². The van der Waals surface area contributed by atoms with Gasteiger partial charge in [-0.3, -0.25) is 4.79 Å². The third-order valence-corrected chi connectivity index (χ3v) is 2.61. The highest BCUT2D eigenvalue weighted by molar-refractivity contribution is 5.78. The topological polar surface area (TPSA) is 55.1 Å². The van der Waals surface area contributed by atoms with E-state index in [0.717, 1.165) is 11.3 Å². The Morgan fingerprint density at radius 1 is 1.37 bits per heavy atom. The molecule has 1 aromatic heterocycles.